The number of benzene rings is 1. The number of carbonyl (C=O) groups is 1. The number of fused-ring (bicyclic) bond motifs is 1. The van der Waals surface area contributed by atoms with Gasteiger partial charge in [-0.05, 0) is 49.8 Å². The van der Waals surface area contributed by atoms with Gasteiger partial charge in [-0.15, -0.1) is 0 Å². The van der Waals surface area contributed by atoms with E-state index in [2.05, 4.69) is 10.6 Å². The number of nitrogens with one attached hydrogen (secondary N) is 2. The van der Waals surface area contributed by atoms with Gasteiger partial charge in [-0.25, -0.2) is 4.39 Å². The SMILES string of the molecule is O=C1CCc2cc(F)c(NC3CCC(O)CC3)cc2N1. The molecule has 1 heterocycles. The molecule has 0 saturated heterocycles. The third kappa shape index (κ3) is 2.77. The molecule has 3 N–H and O–H groups in total. The van der Waals surface area contributed by atoms with Crippen LogP contribution in [0.25, 0.3) is 0 Å². The number of hydrogen-bond acceptors (Lipinski definition) is 3. The van der Waals surface area contributed by atoms with Gasteiger partial charge in [0.05, 0.1) is 11.8 Å². The fourth-order valence-electron chi connectivity index (χ4n) is 2.95. The number of halogens is 1. The zero-order valence-corrected chi connectivity index (χ0v) is 11.3. The van der Waals surface area contributed by atoms with E-state index in [4.69, 9.17) is 0 Å². The minimum Gasteiger partial charge on any atom is -0.393 e. The van der Waals surface area contributed by atoms with E-state index in [1.165, 1.54) is 6.07 Å². The number of amides is 1. The highest BCUT2D eigenvalue weighted by atomic mass is 19.1. The normalized spacial score (nSPS) is 25.8. The quantitative estimate of drug-likeness (QED) is 0.778. The molecule has 0 spiro atoms. The van der Waals surface area contributed by atoms with Crippen molar-refractivity contribution in [3.05, 3.63) is 23.5 Å². The van der Waals surface area contributed by atoms with Crippen molar-refractivity contribution >= 4 is 17.3 Å². The zero-order chi connectivity index (χ0) is 14.1. The van der Waals surface area contributed by atoms with Gasteiger partial charge in [-0.3, -0.25) is 4.79 Å². The number of aryl methyl sites for hydroxylation is 1. The second kappa shape index (κ2) is 5.40. The Balaban J connectivity index is 1.76. The Morgan fingerprint density at radius 1 is 1.20 bits per heavy atom. The first kappa shape index (κ1) is 13.4. The molecule has 1 aromatic rings. The molecule has 1 aromatic carbocycles. The number of aliphatic hydroxyl groups excluding tert-OH is 1. The van der Waals surface area contributed by atoms with Crippen LogP contribution in [0, 0.1) is 5.82 Å². The Labute approximate surface area is 117 Å². The van der Waals surface area contributed by atoms with E-state index in [0.717, 1.165) is 31.2 Å². The first-order valence-electron chi connectivity index (χ1n) is 7.18. The van der Waals surface area contributed by atoms with E-state index in [1.807, 2.05) is 0 Å². The lowest BCUT2D eigenvalue weighted by Gasteiger charge is -2.28. The highest BCUT2D eigenvalue weighted by Crippen LogP contribution is 2.30. The van der Waals surface area contributed by atoms with Crippen LogP contribution in [-0.2, 0) is 11.2 Å². The smallest absolute Gasteiger partial charge is 0.224 e. The van der Waals surface area contributed by atoms with Crippen LogP contribution in [0.1, 0.15) is 37.7 Å². The molecule has 0 unspecified atom stereocenters. The highest BCUT2D eigenvalue weighted by molar-refractivity contribution is 5.94. The Morgan fingerprint density at radius 2 is 1.95 bits per heavy atom. The van der Waals surface area contributed by atoms with E-state index in [-0.39, 0.29) is 23.9 Å². The number of aliphatic hydroxyl groups is 1. The average molecular weight is 278 g/mol. The van der Waals surface area contributed by atoms with Gasteiger partial charge in [0.1, 0.15) is 5.82 Å². The van der Waals surface area contributed by atoms with Crippen LogP contribution in [0.4, 0.5) is 15.8 Å². The summed E-state index contributed by atoms with van der Waals surface area (Å²) in [5.74, 6) is -0.290. The lowest BCUT2D eigenvalue weighted by atomic mass is 9.93. The van der Waals surface area contributed by atoms with E-state index >= 15 is 0 Å². The van der Waals surface area contributed by atoms with E-state index in [1.54, 1.807) is 6.07 Å². The summed E-state index contributed by atoms with van der Waals surface area (Å²) >= 11 is 0. The summed E-state index contributed by atoms with van der Waals surface area (Å²) in [6.07, 6.45) is 3.96. The highest BCUT2D eigenvalue weighted by Gasteiger charge is 2.22. The fraction of sp³-hybridized carbons (Fsp3) is 0.533. The molecule has 1 aliphatic heterocycles. The van der Waals surface area contributed by atoms with E-state index in [9.17, 15) is 14.3 Å². The van der Waals surface area contributed by atoms with Crippen molar-refractivity contribution in [1.29, 1.82) is 0 Å². The molecule has 1 aliphatic carbocycles. The lowest BCUT2D eigenvalue weighted by molar-refractivity contribution is -0.116. The van der Waals surface area contributed by atoms with Gasteiger partial charge >= 0.3 is 0 Å². The summed E-state index contributed by atoms with van der Waals surface area (Å²) in [5.41, 5.74) is 2.00. The first-order chi connectivity index (χ1) is 9.61. The van der Waals surface area contributed by atoms with Gasteiger partial charge in [0.2, 0.25) is 5.91 Å². The lowest BCUT2D eigenvalue weighted by Crippen LogP contribution is -2.28. The molecule has 108 valence electrons. The van der Waals surface area contributed by atoms with Crippen LogP contribution < -0.4 is 10.6 Å². The minimum absolute atomic E-state index is 0.0177. The second-order valence-electron chi connectivity index (χ2n) is 5.69. The summed E-state index contributed by atoms with van der Waals surface area (Å²) in [6, 6.07) is 3.38. The maximum absolute atomic E-state index is 14.1. The Hall–Kier alpha value is -1.62. The molecule has 3 rings (SSSR count). The van der Waals surface area contributed by atoms with Crippen LogP contribution >= 0.6 is 0 Å². The Bertz CT molecular complexity index is 525. The predicted molar refractivity (Wildman–Crippen MR) is 75.2 cm³/mol. The molecular formula is C15H19FN2O2. The molecule has 0 radical (unpaired) electrons. The summed E-state index contributed by atoms with van der Waals surface area (Å²) in [7, 11) is 0. The molecule has 1 amide bonds. The van der Waals surface area contributed by atoms with Crippen LogP contribution in [0.3, 0.4) is 0 Å². The minimum atomic E-state index is -0.272. The monoisotopic (exact) mass is 278 g/mol. The van der Waals surface area contributed by atoms with Crippen LogP contribution in [0.5, 0.6) is 0 Å². The second-order valence-corrected chi connectivity index (χ2v) is 5.69. The van der Waals surface area contributed by atoms with Gasteiger partial charge < -0.3 is 15.7 Å². The number of carbonyl (C=O) groups excluding carboxylic acids is 1. The van der Waals surface area contributed by atoms with Crippen molar-refractivity contribution in [2.45, 2.75) is 50.7 Å². The first-order valence-corrected chi connectivity index (χ1v) is 7.18. The standard InChI is InChI=1S/C15H19FN2O2/c16-12-7-9-1-6-15(20)18-13(9)8-14(12)17-10-2-4-11(19)5-3-10/h7-8,10-11,17,19H,1-6H2,(H,18,20). The maximum atomic E-state index is 14.1. The zero-order valence-electron chi connectivity index (χ0n) is 11.3. The summed E-state index contributed by atoms with van der Waals surface area (Å²) in [6.45, 7) is 0. The van der Waals surface area contributed by atoms with Crippen molar-refractivity contribution in [3.63, 3.8) is 0 Å². The summed E-state index contributed by atoms with van der Waals surface area (Å²) < 4.78 is 14.1. The van der Waals surface area contributed by atoms with Crippen LogP contribution in [0.2, 0.25) is 0 Å². The van der Waals surface area contributed by atoms with E-state index in [0.29, 0.717) is 24.2 Å². The Kier molecular flexibility index (Phi) is 3.61. The van der Waals surface area contributed by atoms with Gasteiger partial charge in [0.15, 0.2) is 0 Å². The van der Waals surface area contributed by atoms with Crippen molar-refractivity contribution in [2.24, 2.45) is 0 Å². The third-order valence-corrected chi connectivity index (χ3v) is 4.14. The van der Waals surface area contributed by atoms with Gasteiger partial charge in [-0.1, -0.05) is 0 Å². The third-order valence-electron chi connectivity index (χ3n) is 4.14. The predicted octanol–water partition coefficient (Wildman–Crippen LogP) is 2.43. The fourth-order valence-corrected chi connectivity index (χ4v) is 2.95. The van der Waals surface area contributed by atoms with Crippen molar-refractivity contribution in [2.75, 3.05) is 10.6 Å². The number of anilines is 2. The molecule has 0 aromatic heterocycles. The summed E-state index contributed by atoms with van der Waals surface area (Å²) in [5, 5.41) is 15.5. The topological polar surface area (TPSA) is 61.4 Å². The average Bonchev–Trinajstić information content (AvgIpc) is 2.42. The van der Waals surface area contributed by atoms with Crippen molar-refractivity contribution in [1.82, 2.24) is 0 Å². The molecule has 5 heteroatoms. The molecule has 0 bridgehead atoms. The molecular weight excluding hydrogens is 259 g/mol. The van der Waals surface area contributed by atoms with Crippen molar-refractivity contribution in [3.8, 4) is 0 Å². The molecule has 1 fully saturated rings. The molecule has 4 nitrogen and oxygen atoms in total. The van der Waals surface area contributed by atoms with Gasteiger partial charge in [-0.2, -0.15) is 0 Å². The molecule has 20 heavy (non-hydrogen) atoms. The molecule has 0 atom stereocenters. The van der Waals surface area contributed by atoms with Crippen LogP contribution in [-0.4, -0.2) is 23.2 Å². The largest absolute Gasteiger partial charge is 0.393 e. The van der Waals surface area contributed by atoms with Crippen LogP contribution in [0.15, 0.2) is 12.1 Å². The van der Waals surface area contributed by atoms with Crippen molar-refractivity contribution < 1.29 is 14.3 Å². The molecule has 1 saturated carbocycles. The number of hydrogen-bond donors (Lipinski definition) is 3. The maximum Gasteiger partial charge on any atom is 0.224 e. The van der Waals surface area contributed by atoms with Gasteiger partial charge in [0, 0.05) is 18.2 Å². The number of rotatable bonds is 2. The van der Waals surface area contributed by atoms with E-state index < -0.39 is 0 Å². The molecule has 2 aliphatic rings. The Morgan fingerprint density at radius 3 is 2.70 bits per heavy atom. The van der Waals surface area contributed by atoms with Gasteiger partial charge in [0.25, 0.3) is 0 Å². The summed E-state index contributed by atoms with van der Waals surface area (Å²) in [4.78, 5) is 11.4.